The van der Waals surface area contributed by atoms with Crippen LogP contribution in [0.15, 0.2) is 52.2 Å². The number of fused-ring (bicyclic) bond motifs is 1. The smallest absolute Gasteiger partial charge is 0.329 e. The van der Waals surface area contributed by atoms with Crippen molar-refractivity contribution in [2.45, 2.75) is 11.4 Å². The molecule has 0 saturated heterocycles. The number of carbonyl (C=O) groups is 1. The van der Waals surface area contributed by atoms with Gasteiger partial charge in [0.25, 0.3) is 5.69 Å². The van der Waals surface area contributed by atoms with Crippen LogP contribution in [0.1, 0.15) is 0 Å². The third-order valence-corrected chi connectivity index (χ3v) is 5.82. The van der Waals surface area contributed by atoms with Gasteiger partial charge in [0.05, 0.1) is 20.9 Å². The second-order valence-corrected chi connectivity index (χ2v) is 8.92. The molecule has 0 fully saturated rings. The fourth-order valence-corrected chi connectivity index (χ4v) is 3.80. The number of nitrogens with one attached hydrogen (secondary N) is 2. The molecule has 11 nitrogen and oxygen atoms in total. The number of benzene rings is 2. The van der Waals surface area contributed by atoms with Crippen LogP contribution in [0.4, 0.5) is 11.4 Å². The number of para-hydroxylation sites is 2. The fourth-order valence-electron chi connectivity index (χ4n) is 3.16. The van der Waals surface area contributed by atoms with Gasteiger partial charge in [-0.1, -0.05) is 12.1 Å². The standard InChI is InChI=1S/C19H21N5O6S/c1-22-15-5-3-4-6-16(15)23(19(22)26)12-18(25)21-10-9-20-14-8-7-13(31(2,29)30)11-17(14)24(27)28/h3-8,11,20H,9-10,12H2,1-2H3,(H,21,25). The zero-order valence-electron chi connectivity index (χ0n) is 16.9. The van der Waals surface area contributed by atoms with Crippen molar-refractivity contribution in [1.29, 1.82) is 0 Å². The number of rotatable bonds is 8. The molecule has 0 saturated carbocycles. The molecule has 0 spiro atoms. The first-order valence-corrected chi connectivity index (χ1v) is 11.1. The van der Waals surface area contributed by atoms with E-state index in [9.17, 15) is 28.1 Å². The molecule has 0 aliphatic heterocycles. The summed E-state index contributed by atoms with van der Waals surface area (Å²) < 4.78 is 26.0. The molecular formula is C19H21N5O6S. The summed E-state index contributed by atoms with van der Waals surface area (Å²) in [5.41, 5.74) is 0.807. The number of amides is 1. The van der Waals surface area contributed by atoms with E-state index in [2.05, 4.69) is 10.6 Å². The van der Waals surface area contributed by atoms with Crippen LogP contribution in [0.2, 0.25) is 0 Å². The summed E-state index contributed by atoms with van der Waals surface area (Å²) >= 11 is 0. The lowest BCUT2D eigenvalue weighted by Crippen LogP contribution is -2.35. The highest BCUT2D eigenvalue weighted by atomic mass is 32.2. The Morgan fingerprint density at radius 3 is 2.45 bits per heavy atom. The zero-order chi connectivity index (χ0) is 22.8. The van der Waals surface area contributed by atoms with E-state index in [1.807, 2.05) is 0 Å². The molecule has 2 aromatic carbocycles. The second-order valence-electron chi connectivity index (χ2n) is 6.90. The predicted molar refractivity (Wildman–Crippen MR) is 115 cm³/mol. The summed E-state index contributed by atoms with van der Waals surface area (Å²) in [7, 11) is -1.95. The second kappa shape index (κ2) is 8.60. The minimum Gasteiger partial charge on any atom is -0.378 e. The highest BCUT2D eigenvalue weighted by molar-refractivity contribution is 7.90. The number of hydrogen-bond donors (Lipinski definition) is 2. The van der Waals surface area contributed by atoms with E-state index >= 15 is 0 Å². The van der Waals surface area contributed by atoms with Crippen molar-refractivity contribution in [2.24, 2.45) is 7.05 Å². The molecule has 0 radical (unpaired) electrons. The van der Waals surface area contributed by atoms with Crippen molar-refractivity contribution >= 4 is 38.2 Å². The van der Waals surface area contributed by atoms with E-state index in [-0.39, 0.29) is 47.5 Å². The number of sulfone groups is 1. The number of imidazole rings is 1. The maximum absolute atomic E-state index is 12.4. The van der Waals surface area contributed by atoms with Crippen LogP contribution in [0.5, 0.6) is 0 Å². The zero-order valence-corrected chi connectivity index (χ0v) is 17.7. The molecule has 2 N–H and O–H groups in total. The molecule has 3 aromatic rings. The number of aromatic nitrogens is 2. The van der Waals surface area contributed by atoms with Gasteiger partial charge in [-0.3, -0.25) is 24.0 Å². The maximum atomic E-state index is 12.4. The molecule has 0 aliphatic rings. The lowest BCUT2D eigenvalue weighted by molar-refractivity contribution is -0.384. The Morgan fingerprint density at radius 1 is 1.13 bits per heavy atom. The third-order valence-electron chi connectivity index (χ3n) is 4.71. The number of nitro groups is 1. The summed E-state index contributed by atoms with van der Waals surface area (Å²) in [6.07, 6.45) is 0.968. The van der Waals surface area contributed by atoms with E-state index in [0.29, 0.717) is 11.0 Å². The Balaban J connectivity index is 1.62. The van der Waals surface area contributed by atoms with Crippen molar-refractivity contribution < 1.29 is 18.1 Å². The van der Waals surface area contributed by atoms with E-state index in [1.54, 1.807) is 31.3 Å². The van der Waals surface area contributed by atoms with E-state index in [1.165, 1.54) is 21.3 Å². The molecule has 31 heavy (non-hydrogen) atoms. The van der Waals surface area contributed by atoms with Gasteiger partial charge in [0, 0.05) is 32.5 Å². The SMILES string of the molecule is Cn1c(=O)n(CC(=O)NCCNc2ccc(S(C)(=O)=O)cc2[N+](=O)[O-])c2ccccc21. The topological polar surface area (TPSA) is 145 Å². The van der Waals surface area contributed by atoms with E-state index in [0.717, 1.165) is 12.3 Å². The minimum atomic E-state index is -3.58. The van der Waals surface area contributed by atoms with Crippen LogP contribution in [0.3, 0.4) is 0 Å². The van der Waals surface area contributed by atoms with Gasteiger partial charge in [0.1, 0.15) is 12.2 Å². The summed E-state index contributed by atoms with van der Waals surface area (Å²) in [5, 5.41) is 16.7. The van der Waals surface area contributed by atoms with Gasteiger partial charge in [-0.2, -0.15) is 0 Å². The van der Waals surface area contributed by atoms with Crippen LogP contribution < -0.4 is 16.3 Å². The molecule has 1 heterocycles. The Labute approximate surface area is 177 Å². The number of nitro benzene ring substituents is 1. The summed E-state index contributed by atoms with van der Waals surface area (Å²) in [6.45, 7) is 0.141. The largest absolute Gasteiger partial charge is 0.378 e. The monoisotopic (exact) mass is 447 g/mol. The molecule has 0 unspecified atom stereocenters. The van der Waals surface area contributed by atoms with E-state index < -0.39 is 14.8 Å². The molecular weight excluding hydrogens is 426 g/mol. The molecule has 0 atom stereocenters. The van der Waals surface area contributed by atoms with Crippen LogP contribution in [0, 0.1) is 10.1 Å². The summed E-state index contributed by atoms with van der Waals surface area (Å²) in [6, 6.07) is 10.7. The lowest BCUT2D eigenvalue weighted by atomic mass is 10.2. The van der Waals surface area contributed by atoms with Gasteiger partial charge in [-0.05, 0) is 24.3 Å². The Kier molecular flexibility index (Phi) is 6.11. The average molecular weight is 447 g/mol. The normalized spacial score (nSPS) is 11.4. The van der Waals surface area contributed by atoms with Crippen LogP contribution in [-0.2, 0) is 28.2 Å². The summed E-state index contributed by atoms with van der Waals surface area (Å²) in [4.78, 5) is 35.1. The first-order chi connectivity index (χ1) is 14.6. The van der Waals surface area contributed by atoms with Crippen LogP contribution in [-0.4, -0.2) is 47.7 Å². The first kappa shape index (κ1) is 22.0. The lowest BCUT2D eigenvalue weighted by Gasteiger charge is -2.10. The van der Waals surface area contributed by atoms with Gasteiger partial charge >= 0.3 is 5.69 Å². The number of nitrogens with zero attached hydrogens (tertiary/aromatic N) is 3. The van der Waals surface area contributed by atoms with E-state index in [4.69, 9.17) is 0 Å². The number of carbonyl (C=O) groups excluding carboxylic acids is 1. The minimum absolute atomic E-state index is 0.136. The molecule has 1 amide bonds. The number of anilines is 1. The summed E-state index contributed by atoms with van der Waals surface area (Å²) in [5.74, 6) is -0.387. The van der Waals surface area contributed by atoms with Crippen LogP contribution in [0.25, 0.3) is 11.0 Å². The van der Waals surface area contributed by atoms with Crippen molar-refractivity contribution in [3.63, 3.8) is 0 Å². The van der Waals surface area contributed by atoms with Gasteiger partial charge in [0.15, 0.2) is 9.84 Å². The van der Waals surface area contributed by atoms with Gasteiger partial charge in [0.2, 0.25) is 5.91 Å². The molecule has 0 bridgehead atoms. The molecule has 0 aliphatic carbocycles. The van der Waals surface area contributed by atoms with Gasteiger partial charge in [-0.25, -0.2) is 13.2 Å². The number of hydrogen-bond acceptors (Lipinski definition) is 7. The highest BCUT2D eigenvalue weighted by Crippen LogP contribution is 2.27. The van der Waals surface area contributed by atoms with Crippen molar-refractivity contribution in [3.05, 3.63) is 63.1 Å². The average Bonchev–Trinajstić information content (AvgIpc) is 2.95. The molecule has 3 rings (SSSR count). The third kappa shape index (κ3) is 4.74. The predicted octanol–water partition coefficient (Wildman–Crippen LogP) is 0.880. The van der Waals surface area contributed by atoms with Gasteiger partial charge in [-0.15, -0.1) is 0 Å². The number of aryl methyl sites for hydroxylation is 1. The van der Waals surface area contributed by atoms with Crippen molar-refractivity contribution in [3.8, 4) is 0 Å². The maximum Gasteiger partial charge on any atom is 0.329 e. The quantitative estimate of drug-likeness (QED) is 0.296. The highest BCUT2D eigenvalue weighted by Gasteiger charge is 2.18. The molecule has 1 aromatic heterocycles. The van der Waals surface area contributed by atoms with Crippen LogP contribution >= 0.6 is 0 Å². The first-order valence-electron chi connectivity index (χ1n) is 9.23. The van der Waals surface area contributed by atoms with Crippen molar-refractivity contribution in [2.75, 3.05) is 24.7 Å². The Morgan fingerprint density at radius 2 is 1.81 bits per heavy atom. The fraction of sp³-hybridized carbons (Fsp3) is 0.263. The Hall–Kier alpha value is -3.67. The van der Waals surface area contributed by atoms with Crippen molar-refractivity contribution in [1.82, 2.24) is 14.5 Å². The Bertz CT molecular complexity index is 1330. The van der Waals surface area contributed by atoms with Gasteiger partial charge < -0.3 is 10.6 Å². The molecule has 12 heteroatoms. The molecule has 164 valence electrons.